The van der Waals surface area contributed by atoms with Crippen molar-refractivity contribution in [3.8, 4) is 0 Å². The molecule has 0 radical (unpaired) electrons. The van der Waals surface area contributed by atoms with Crippen LogP contribution in [0.4, 0.5) is 16.4 Å². The van der Waals surface area contributed by atoms with Crippen LogP contribution in [0.1, 0.15) is 18.4 Å². The van der Waals surface area contributed by atoms with Crippen LogP contribution in [0.25, 0.3) is 0 Å². The molecule has 1 aliphatic rings. The molecule has 1 aliphatic heterocycles. The predicted molar refractivity (Wildman–Crippen MR) is 90.6 cm³/mol. The number of para-hydroxylation sites is 1. The fourth-order valence-electron chi connectivity index (χ4n) is 2.84. The smallest absolute Gasteiger partial charge is 0.319 e. The summed E-state index contributed by atoms with van der Waals surface area (Å²) in [7, 11) is 0. The molecular weight excluding hydrogens is 290 g/mol. The highest BCUT2D eigenvalue weighted by Crippen LogP contribution is 2.21. The van der Waals surface area contributed by atoms with Gasteiger partial charge >= 0.3 is 6.03 Å². The van der Waals surface area contributed by atoms with Crippen LogP contribution in [0, 0.1) is 6.92 Å². The second-order valence-corrected chi connectivity index (χ2v) is 5.69. The quantitative estimate of drug-likeness (QED) is 0.910. The molecule has 1 fully saturated rings. The molecule has 0 spiro atoms. The van der Waals surface area contributed by atoms with E-state index in [1.165, 1.54) is 0 Å². The second-order valence-electron chi connectivity index (χ2n) is 5.69. The van der Waals surface area contributed by atoms with Crippen molar-refractivity contribution < 1.29 is 4.79 Å². The Morgan fingerprint density at radius 1 is 1.26 bits per heavy atom. The zero-order chi connectivity index (χ0) is 16.1. The van der Waals surface area contributed by atoms with E-state index in [0.717, 1.165) is 36.6 Å². The van der Waals surface area contributed by atoms with E-state index >= 15 is 0 Å². The van der Waals surface area contributed by atoms with Gasteiger partial charge in [-0.2, -0.15) is 0 Å². The largest absolute Gasteiger partial charge is 0.336 e. The normalized spacial score (nSPS) is 17.1. The number of rotatable bonds is 4. The SMILES string of the molecule is Cc1ccccc1NC(=O)NCC1CCCN1c1ncccn1. The molecule has 0 bridgehead atoms. The molecule has 23 heavy (non-hydrogen) atoms. The van der Waals surface area contributed by atoms with E-state index in [2.05, 4.69) is 25.5 Å². The average Bonchev–Trinajstić information content (AvgIpc) is 3.04. The maximum absolute atomic E-state index is 12.1. The number of carbonyl (C=O) groups is 1. The van der Waals surface area contributed by atoms with E-state index < -0.39 is 0 Å². The molecule has 2 heterocycles. The van der Waals surface area contributed by atoms with Crippen LogP contribution in [0.3, 0.4) is 0 Å². The Kier molecular flexibility index (Phi) is 4.71. The van der Waals surface area contributed by atoms with Gasteiger partial charge in [-0.05, 0) is 37.5 Å². The maximum Gasteiger partial charge on any atom is 0.319 e. The first kappa shape index (κ1) is 15.3. The van der Waals surface area contributed by atoms with E-state index in [1.54, 1.807) is 12.4 Å². The van der Waals surface area contributed by atoms with Crippen molar-refractivity contribution in [3.63, 3.8) is 0 Å². The highest BCUT2D eigenvalue weighted by molar-refractivity contribution is 5.90. The third-order valence-electron chi connectivity index (χ3n) is 4.08. The van der Waals surface area contributed by atoms with Gasteiger partial charge in [0.2, 0.25) is 5.95 Å². The molecule has 2 aromatic rings. The third-order valence-corrected chi connectivity index (χ3v) is 4.08. The number of amides is 2. The summed E-state index contributed by atoms with van der Waals surface area (Å²) in [6.45, 7) is 3.48. The average molecular weight is 311 g/mol. The Bertz CT molecular complexity index is 661. The lowest BCUT2D eigenvalue weighted by molar-refractivity contribution is 0.251. The van der Waals surface area contributed by atoms with Gasteiger partial charge in [-0.15, -0.1) is 0 Å². The maximum atomic E-state index is 12.1. The van der Waals surface area contributed by atoms with Crippen LogP contribution in [-0.2, 0) is 0 Å². The molecule has 3 rings (SSSR count). The van der Waals surface area contributed by atoms with Gasteiger partial charge in [-0.3, -0.25) is 0 Å². The Morgan fingerprint density at radius 3 is 2.83 bits per heavy atom. The zero-order valence-electron chi connectivity index (χ0n) is 13.2. The van der Waals surface area contributed by atoms with Crippen LogP contribution in [0.5, 0.6) is 0 Å². The van der Waals surface area contributed by atoms with Crippen molar-refractivity contribution in [1.29, 1.82) is 0 Å². The monoisotopic (exact) mass is 311 g/mol. The molecule has 1 aromatic heterocycles. The summed E-state index contributed by atoms with van der Waals surface area (Å²) in [6, 6.07) is 9.60. The highest BCUT2D eigenvalue weighted by atomic mass is 16.2. The molecule has 1 atom stereocenters. The topological polar surface area (TPSA) is 70.2 Å². The lowest BCUT2D eigenvalue weighted by Gasteiger charge is -2.24. The number of carbonyl (C=O) groups excluding carboxylic acids is 1. The zero-order valence-corrected chi connectivity index (χ0v) is 13.2. The van der Waals surface area contributed by atoms with Crippen LogP contribution in [0.15, 0.2) is 42.7 Å². The van der Waals surface area contributed by atoms with Crippen molar-refractivity contribution in [2.45, 2.75) is 25.8 Å². The first-order chi connectivity index (χ1) is 11.2. The van der Waals surface area contributed by atoms with Crippen molar-refractivity contribution in [2.24, 2.45) is 0 Å². The van der Waals surface area contributed by atoms with Gasteiger partial charge < -0.3 is 15.5 Å². The summed E-state index contributed by atoms with van der Waals surface area (Å²) >= 11 is 0. The van der Waals surface area contributed by atoms with E-state index in [-0.39, 0.29) is 12.1 Å². The van der Waals surface area contributed by atoms with Crippen molar-refractivity contribution in [1.82, 2.24) is 15.3 Å². The molecule has 2 amide bonds. The lowest BCUT2D eigenvalue weighted by atomic mass is 10.2. The van der Waals surface area contributed by atoms with Crippen molar-refractivity contribution >= 4 is 17.7 Å². The molecule has 1 aromatic carbocycles. The fraction of sp³-hybridized carbons (Fsp3) is 0.353. The van der Waals surface area contributed by atoms with Gasteiger partial charge in [0.05, 0.1) is 0 Å². The number of urea groups is 1. The van der Waals surface area contributed by atoms with E-state index in [1.807, 2.05) is 37.3 Å². The van der Waals surface area contributed by atoms with Gasteiger partial charge in [0.25, 0.3) is 0 Å². The molecule has 2 N–H and O–H groups in total. The van der Waals surface area contributed by atoms with E-state index in [4.69, 9.17) is 0 Å². The molecule has 1 saturated heterocycles. The molecule has 0 aliphatic carbocycles. The van der Waals surface area contributed by atoms with Crippen molar-refractivity contribution in [2.75, 3.05) is 23.3 Å². The van der Waals surface area contributed by atoms with Crippen LogP contribution in [-0.4, -0.2) is 35.1 Å². The minimum absolute atomic E-state index is 0.180. The van der Waals surface area contributed by atoms with Gasteiger partial charge in [0, 0.05) is 37.2 Å². The number of nitrogens with one attached hydrogen (secondary N) is 2. The molecule has 1 unspecified atom stereocenters. The molecule has 6 heteroatoms. The number of aryl methyl sites for hydroxylation is 1. The number of nitrogens with zero attached hydrogens (tertiary/aromatic N) is 3. The van der Waals surface area contributed by atoms with Crippen LogP contribution < -0.4 is 15.5 Å². The fourth-order valence-corrected chi connectivity index (χ4v) is 2.84. The Morgan fingerprint density at radius 2 is 2.04 bits per heavy atom. The first-order valence-electron chi connectivity index (χ1n) is 7.88. The van der Waals surface area contributed by atoms with E-state index in [0.29, 0.717) is 6.54 Å². The second kappa shape index (κ2) is 7.09. The van der Waals surface area contributed by atoms with E-state index in [9.17, 15) is 4.79 Å². The van der Waals surface area contributed by atoms with Gasteiger partial charge in [-0.25, -0.2) is 14.8 Å². The molecular formula is C17H21N5O. The Labute approximate surface area is 135 Å². The number of hydrogen-bond acceptors (Lipinski definition) is 4. The van der Waals surface area contributed by atoms with Crippen LogP contribution in [0.2, 0.25) is 0 Å². The highest BCUT2D eigenvalue weighted by Gasteiger charge is 2.26. The molecule has 0 saturated carbocycles. The summed E-state index contributed by atoms with van der Waals surface area (Å²) in [4.78, 5) is 22.9. The standard InChI is InChI=1S/C17H21N5O/c1-13-6-2-3-8-15(13)21-17(23)20-12-14-7-4-11-22(14)16-18-9-5-10-19-16/h2-3,5-6,8-10,14H,4,7,11-12H2,1H3,(H2,20,21,23). The Balaban J connectivity index is 1.55. The van der Waals surface area contributed by atoms with Gasteiger partial charge in [0.15, 0.2) is 0 Å². The molecule has 120 valence electrons. The number of benzene rings is 1. The van der Waals surface area contributed by atoms with Gasteiger partial charge in [-0.1, -0.05) is 18.2 Å². The summed E-state index contributed by atoms with van der Waals surface area (Å²) < 4.78 is 0. The first-order valence-corrected chi connectivity index (χ1v) is 7.88. The summed E-state index contributed by atoms with van der Waals surface area (Å²) in [5.41, 5.74) is 1.88. The summed E-state index contributed by atoms with van der Waals surface area (Å²) in [5, 5.41) is 5.84. The van der Waals surface area contributed by atoms with Crippen molar-refractivity contribution in [3.05, 3.63) is 48.3 Å². The van der Waals surface area contributed by atoms with Crippen LogP contribution >= 0.6 is 0 Å². The number of anilines is 2. The number of aromatic nitrogens is 2. The number of hydrogen-bond donors (Lipinski definition) is 2. The summed E-state index contributed by atoms with van der Waals surface area (Å²) in [5.74, 6) is 0.733. The van der Waals surface area contributed by atoms with Gasteiger partial charge in [0.1, 0.15) is 0 Å². The lowest BCUT2D eigenvalue weighted by Crippen LogP contribution is -2.42. The third kappa shape index (κ3) is 3.77. The minimum Gasteiger partial charge on any atom is -0.336 e. The molecule has 6 nitrogen and oxygen atoms in total. The summed E-state index contributed by atoms with van der Waals surface area (Å²) in [6.07, 6.45) is 5.61. The minimum atomic E-state index is -0.180. The predicted octanol–water partition coefficient (Wildman–Crippen LogP) is 2.58. The Hall–Kier alpha value is -2.63.